The predicted molar refractivity (Wildman–Crippen MR) is 73.3 cm³/mol. The molecule has 0 aliphatic rings. The summed E-state index contributed by atoms with van der Waals surface area (Å²) < 4.78 is 1.32. The number of nitrogens with one attached hydrogen (secondary N) is 1. The van der Waals surface area contributed by atoms with Crippen molar-refractivity contribution in [2.75, 3.05) is 11.9 Å². The third kappa shape index (κ3) is 3.46. The van der Waals surface area contributed by atoms with E-state index < -0.39 is 5.60 Å². The van der Waals surface area contributed by atoms with E-state index in [-0.39, 0.29) is 16.6 Å². The second-order valence-corrected chi connectivity index (χ2v) is 5.30. The van der Waals surface area contributed by atoms with Crippen LogP contribution in [0.25, 0.3) is 0 Å². The van der Waals surface area contributed by atoms with Crippen LogP contribution in [0, 0.1) is 0 Å². The highest BCUT2D eigenvalue weighted by Crippen LogP contribution is 2.18. The maximum absolute atomic E-state index is 11.9. The number of rotatable bonds is 5. The van der Waals surface area contributed by atoms with E-state index >= 15 is 0 Å². The van der Waals surface area contributed by atoms with E-state index in [1.54, 1.807) is 6.92 Å². The lowest BCUT2D eigenvalue weighted by Gasteiger charge is -2.22. The number of halogens is 1. The lowest BCUT2D eigenvalue weighted by molar-refractivity contribution is 0.0697. The molecule has 1 aromatic rings. The van der Waals surface area contributed by atoms with Gasteiger partial charge in [0.25, 0.3) is 5.56 Å². The Bertz CT molecular complexity index is 469. The van der Waals surface area contributed by atoms with Gasteiger partial charge in [-0.15, -0.1) is 0 Å². The van der Waals surface area contributed by atoms with Crippen LogP contribution in [-0.2, 0) is 0 Å². The van der Waals surface area contributed by atoms with Crippen LogP contribution in [0.4, 0.5) is 5.69 Å². The minimum Gasteiger partial charge on any atom is -0.388 e. The molecule has 0 radical (unpaired) electrons. The van der Waals surface area contributed by atoms with Crippen LogP contribution >= 0.6 is 11.6 Å². The van der Waals surface area contributed by atoms with E-state index in [2.05, 4.69) is 10.4 Å². The molecule has 0 aliphatic heterocycles. The maximum atomic E-state index is 11.9. The van der Waals surface area contributed by atoms with Crippen molar-refractivity contribution in [3.05, 3.63) is 21.6 Å². The van der Waals surface area contributed by atoms with Crippen LogP contribution in [0.3, 0.4) is 0 Å². The van der Waals surface area contributed by atoms with Gasteiger partial charge in [0.15, 0.2) is 0 Å². The van der Waals surface area contributed by atoms with Gasteiger partial charge in [-0.3, -0.25) is 4.79 Å². The van der Waals surface area contributed by atoms with Gasteiger partial charge in [-0.25, -0.2) is 4.68 Å². The summed E-state index contributed by atoms with van der Waals surface area (Å²) in [7, 11) is 0. The third-order valence-electron chi connectivity index (χ3n) is 2.85. The zero-order valence-corrected chi connectivity index (χ0v) is 12.0. The first kappa shape index (κ1) is 15.0. The molecule has 0 amide bonds. The summed E-state index contributed by atoms with van der Waals surface area (Å²) in [6.07, 6.45) is 2.11. The molecule has 0 aromatic carbocycles. The fourth-order valence-electron chi connectivity index (χ4n) is 1.35. The van der Waals surface area contributed by atoms with Gasteiger partial charge in [0.05, 0.1) is 23.5 Å². The summed E-state index contributed by atoms with van der Waals surface area (Å²) in [5, 5.41) is 17.0. The molecule has 1 aromatic heterocycles. The zero-order valence-electron chi connectivity index (χ0n) is 11.2. The molecule has 1 rings (SSSR count). The number of hydrogen-bond donors (Lipinski definition) is 2. The van der Waals surface area contributed by atoms with Crippen molar-refractivity contribution in [1.29, 1.82) is 0 Å². The van der Waals surface area contributed by atoms with E-state index in [9.17, 15) is 9.90 Å². The Labute approximate surface area is 112 Å². The zero-order chi connectivity index (χ0) is 13.9. The van der Waals surface area contributed by atoms with E-state index in [0.29, 0.717) is 18.7 Å². The van der Waals surface area contributed by atoms with Gasteiger partial charge in [-0.05, 0) is 27.2 Å². The largest absolute Gasteiger partial charge is 0.388 e. The molecule has 6 heteroatoms. The number of nitrogens with zero attached hydrogens (tertiary/aromatic N) is 2. The molecule has 0 saturated heterocycles. The molecule has 0 saturated carbocycles. The SMILES string of the molecule is CCC(C)(O)CNc1cnn(C(C)C)c(=O)c1Cl. The van der Waals surface area contributed by atoms with Crippen molar-refractivity contribution in [2.24, 2.45) is 0 Å². The summed E-state index contributed by atoms with van der Waals surface area (Å²) >= 11 is 6.00. The van der Waals surface area contributed by atoms with Crippen molar-refractivity contribution < 1.29 is 5.11 Å². The molecule has 18 heavy (non-hydrogen) atoms. The van der Waals surface area contributed by atoms with Gasteiger partial charge in [0, 0.05) is 6.54 Å². The topological polar surface area (TPSA) is 67.2 Å². The Hall–Kier alpha value is -1.07. The van der Waals surface area contributed by atoms with Crippen molar-refractivity contribution in [1.82, 2.24) is 9.78 Å². The molecule has 102 valence electrons. The minimum absolute atomic E-state index is 0.0391. The van der Waals surface area contributed by atoms with Crippen molar-refractivity contribution >= 4 is 17.3 Å². The van der Waals surface area contributed by atoms with Gasteiger partial charge in [-0.2, -0.15) is 5.10 Å². The van der Waals surface area contributed by atoms with Gasteiger partial charge in [-0.1, -0.05) is 18.5 Å². The van der Waals surface area contributed by atoms with Gasteiger partial charge in [0.2, 0.25) is 0 Å². The molecule has 0 fully saturated rings. The number of anilines is 1. The fraction of sp³-hybridized carbons (Fsp3) is 0.667. The molecule has 0 aliphatic carbocycles. The van der Waals surface area contributed by atoms with E-state index in [1.165, 1.54) is 10.9 Å². The summed E-state index contributed by atoms with van der Waals surface area (Å²) in [4.78, 5) is 11.9. The molecule has 2 N–H and O–H groups in total. The first-order valence-electron chi connectivity index (χ1n) is 6.02. The molecule has 1 heterocycles. The monoisotopic (exact) mass is 273 g/mol. The highest BCUT2D eigenvalue weighted by atomic mass is 35.5. The summed E-state index contributed by atoms with van der Waals surface area (Å²) in [6, 6.07) is -0.0391. The van der Waals surface area contributed by atoms with Gasteiger partial charge >= 0.3 is 0 Å². The Morgan fingerprint density at radius 1 is 1.61 bits per heavy atom. The molecule has 1 atom stereocenters. The average Bonchev–Trinajstić information content (AvgIpc) is 2.30. The van der Waals surface area contributed by atoms with Crippen LogP contribution in [0.2, 0.25) is 5.02 Å². The van der Waals surface area contributed by atoms with Crippen LogP contribution < -0.4 is 10.9 Å². The van der Waals surface area contributed by atoms with E-state index in [1.807, 2.05) is 20.8 Å². The smallest absolute Gasteiger partial charge is 0.287 e. The normalized spacial score (nSPS) is 14.6. The predicted octanol–water partition coefficient (Wildman–Crippen LogP) is 2.05. The quantitative estimate of drug-likeness (QED) is 0.862. The number of aromatic nitrogens is 2. The standard InChI is InChI=1S/C12H20ClN3O2/c1-5-12(4,18)7-14-9-6-15-16(8(2)3)11(17)10(9)13/h6,8,14,18H,5,7H2,1-4H3. The molecular formula is C12H20ClN3O2. The lowest BCUT2D eigenvalue weighted by Crippen LogP contribution is -2.33. The van der Waals surface area contributed by atoms with Crippen molar-refractivity contribution in [3.8, 4) is 0 Å². The summed E-state index contributed by atoms with van der Waals surface area (Å²) in [5.74, 6) is 0. The average molecular weight is 274 g/mol. The molecule has 0 bridgehead atoms. The van der Waals surface area contributed by atoms with Crippen molar-refractivity contribution in [2.45, 2.75) is 45.8 Å². The van der Waals surface area contributed by atoms with Gasteiger partial charge in [0.1, 0.15) is 5.02 Å². The maximum Gasteiger partial charge on any atom is 0.287 e. The minimum atomic E-state index is -0.837. The van der Waals surface area contributed by atoms with Gasteiger partial charge < -0.3 is 10.4 Å². The molecule has 0 spiro atoms. The molecule has 1 unspecified atom stereocenters. The van der Waals surface area contributed by atoms with Crippen LogP contribution in [0.15, 0.2) is 11.0 Å². The highest BCUT2D eigenvalue weighted by Gasteiger charge is 2.18. The van der Waals surface area contributed by atoms with Crippen molar-refractivity contribution in [3.63, 3.8) is 0 Å². The first-order chi connectivity index (χ1) is 8.28. The third-order valence-corrected chi connectivity index (χ3v) is 3.22. The number of hydrogen-bond acceptors (Lipinski definition) is 4. The summed E-state index contributed by atoms with van der Waals surface area (Å²) in [5.41, 5.74) is -0.712. The second kappa shape index (κ2) is 5.71. The Morgan fingerprint density at radius 2 is 2.22 bits per heavy atom. The first-order valence-corrected chi connectivity index (χ1v) is 6.40. The fourth-order valence-corrected chi connectivity index (χ4v) is 1.55. The summed E-state index contributed by atoms with van der Waals surface area (Å²) in [6.45, 7) is 7.64. The van der Waals surface area contributed by atoms with Crippen LogP contribution in [-0.4, -0.2) is 27.0 Å². The Morgan fingerprint density at radius 3 is 2.72 bits per heavy atom. The molecule has 5 nitrogen and oxygen atoms in total. The van der Waals surface area contributed by atoms with Crippen LogP contribution in [0.5, 0.6) is 0 Å². The number of aliphatic hydroxyl groups is 1. The second-order valence-electron chi connectivity index (χ2n) is 4.92. The van der Waals surface area contributed by atoms with E-state index in [4.69, 9.17) is 11.6 Å². The van der Waals surface area contributed by atoms with E-state index in [0.717, 1.165) is 0 Å². The Balaban J connectivity index is 2.93. The van der Waals surface area contributed by atoms with Crippen LogP contribution in [0.1, 0.15) is 40.2 Å². The Kier molecular flexibility index (Phi) is 4.76. The molecular weight excluding hydrogens is 254 g/mol. The lowest BCUT2D eigenvalue weighted by atomic mass is 10.0. The highest BCUT2D eigenvalue weighted by molar-refractivity contribution is 6.32.